The molecule has 0 aliphatic carbocycles. The van der Waals surface area contributed by atoms with Crippen LogP contribution in [0.5, 0.6) is 5.75 Å². The van der Waals surface area contributed by atoms with E-state index in [0.717, 1.165) is 0 Å². The van der Waals surface area contributed by atoms with Crippen LogP contribution in [0.2, 0.25) is 0 Å². The first-order valence-corrected chi connectivity index (χ1v) is 7.21. The molecule has 8 nitrogen and oxygen atoms in total. The third kappa shape index (κ3) is 3.32. The van der Waals surface area contributed by atoms with Gasteiger partial charge < -0.3 is 15.2 Å². The zero-order chi connectivity index (χ0) is 18.0. The normalized spacial score (nSPS) is 10.4. The standard InChI is InChI=1S/C17H13N3O5/c1-25-13-7-2-10-8-14(17(21)22)16(19-15(10)9-13)18-11-3-5-12(6-4-11)20(23)24/h2-9H,1H3,(H,18,19)(H,21,22). The molecule has 0 atom stereocenters. The van der Waals surface area contributed by atoms with Gasteiger partial charge in [0.1, 0.15) is 17.1 Å². The topological polar surface area (TPSA) is 115 Å². The number of nitro benzene ring substituents is 1. The van der Waals surface area contributed by atoms with Crippen LogP contribution in [-0.2, 0) is 0 Å². The molecule has 0 aliphatic rings. The number of nitrogens with zero attached hydrogens (tertiary/aromatic N) is 2. The lowest BCUT2D eigenvalue weighted by atomic mass is 10.1. The fourth-order valence-electron chi connectivity index (χ4n) is 2.34. The van der Waals surface area contributed by atoms with Crippen molar-refractivity contribution in [3.8, 4) is 5.75 Å². The summed E-state index contributed by atoms with van der Waals surface area (Å²) in [6, 6.07) is 12.3. The summed E-state index contributed by atoms with van der Waals surface area (Å²) in [6.45, 7) is 0. The second kappa shape index (κ2) is 6.44. The van der Waals surface area contributed by atoms with Crippen LogP contribution in [0.25, 0.3) is 10.9 Å². The fraction of sp³-hybridized carbons (Fsp3) is 0.0588. The third-order valence-electron chi connectivity index (χ3n) is 3.60. The van der Waals surface area contributed by atoms with E-state index in [-0.39, 0.29) is 17.1 Å². The number of fused-ring (bicyclic) bond motifs is 1. The molecule has 126 valence electrons. The Morgan fingerprint density at radius 3 is 2.52 bits per heavy atom. The molecule has 0 bridgehead atoms. The van der Waals surface area contributed by atoms with E-state index in [9.17, 15) is 20.0 Å². The Balaban J connectivity index is 2.04. The van der Waals surface area contributed by atoms with Crippen molar-refractivity contribution in [3.63, 3.8) is 0 Å². The lowest BCUT2D eigenvalue weighted by molar-refractivity contribution is -0.384. The summed E-state index contributed by atoms with van der Waals surface area (Å²) in [5, 5.41) is 23.7. The minimum Gasteiger partial charge on any atom is -0.497 e. The predicted octanol–water partition coefficient (Wildman–Crippen LogP) is 3.59. The van der Waals surface area contributed by atoms with E-state index in [2.05, 4.69) is 10.3 Å². The average Bonchev–Trinajstić information content (AvgIpc) is 2.60. The molecule has 1 heterocycles. The number of ether oxygens (including phenoxy) is 1. The number of hydrogen-bond donors (Lipinski definition) is 2. The molecule has 8 heteroatoms. The zero-order valence-corrected chi connectivity index (χ0v) is 13.1. The molecule has 0 saturated heterocycles. The molecule has 0 saturated carbocycles. The molecular weight excluding hydrogens is 326 g/mol. The molecule has 2 aromatic carbocycles. The number of anilines is 2. The van der Waals surface area contributed by atoms with Crippen LogP contribution >= 0.6 is 0 Å². The molecule has 0 spiro atoms. The van der Waals surface area contributed by atoms with E-state index in [1.807, 2.05) is 0 Å². The third-order valence-corrected chi connectivity index (χ3v) is 3.60. The number of carbonyl (C=O) groups is 1. The Morgan fingerprint density at radius 2 is 1.92 bits per heavy atom. The van der Waals surface area contributed by atoms with Crippen LogP contribution in [0.4, 0.5) is 17.2 Å². The van der Waals surface area contributed by atoms with Gasteiger partial charge in [-0.25, -0.2) is 9.78 Å². The van der Waals surface area contributed by atoms with Crippen molar-refractivity contribution in [2.45, 2.75) is 0 Å². The summed E-state index contributed by atoms with van der Waals surface area (Å²) in [5.74, 6) is -0.388. The quantitative estimate of drug-likeness (QED) is 0.539. The molecule has 3 aromatic rings. The minimum atomic E-state index is -1.13. The number of aromatic nitrogens is 1. The number of carboxylic acids is 1. The summed E-state index contributed by atoms with van der Waals surface area (Å²) in [7, 11) is 1.53. The Hall–Kier alpha value is -3.68. The largest absolute Gasteiger partial charge is 0.497 e. The van der Waals surface area contributed by atoms with E-state index in [0.29, 0.717) is 22.3 Å². The van der Waals surface area contributed by atoms with Gasteiger partial charge in [-0.15, -0.1) is 0 Å². The summed E-state index contributed by atoms with van der Waals surface area (Å²) in [6.07, 6.45) is 0. The van der Waals surface area contributed by atoms with E-state index >= 15 is 0 Å². The highest BCUT2D eigenvalue weighted by atomic mass is 16.6. The van der Waals surface area contributed by atoms with Crippen LogP contribution in [0, 0.1) is 10.1 Å². The van der Waals surface area contributed by atoms with Crippen molar-refractivity contribution in [2.75, 3.05) is 12.4 Å². The first-order valence-electron chi connectivity index (χ1n) is 7.21. The fourth-order valence-corrected chi connectivity index (χ4v) is 2.34. The van der Waals surface area contributed by atoms with E-state index < -0.39 is 10.9 Å². The van der Waals surface area contributed by atoms with Gasteiger partial charge in [-0.3, -0.25) is 10.1 Å². The van der Waals surface area contributed by atoms with Gasteiger partial charge in [0.2, 0.25) is 0 Å². The van der Waals surface area contributed by atoms with Crippen molar-refractivity contribution < 1.29 is 19.6 Å². The molecule has 0 unspecified atom stereocenters. The van der Waals surface area contributed by atoms with Crippen molar-refractivity contribution in [1.29, 1.82) is 0 Å². The van der Waals surface area contributed by atoms with Gasteiger partial charge in [0, 0.05) is 29.3 Å². The average molecular weight is 339 g/mol. The number of pyridine rings is 1. The zero-order valence-electron chi connectivity index (χ0n) is 13.1. The molecule has 2 N–H and O–H groups in total. The summed E-state index contributed by atoms with van der Waals surface area (Å²) in [4.78, 5) is 26.1. The van der Waals surface area contributed by atoms with Crippen LogP contribution in [0.15, 0.2) is 48.5 Å². The number of carboxylic acid groups (broad SMARTS) is 1. The van der Waals surface area contributed by atoms with Crippen molar-refractivity contribution in [3.05, 3.63) is 64.2 Å². The predicted molar refractivity (Wildman–Crippen MR) is 91.6 cm³/mol. The lowest BCUT2D eigenvalue weighted by Crippen LogP contribution is -2.05. The van der Waals surface area contributed by atoms with E-state index in [4.69, 9.17) is 4.74 Å². The molecular formula is C17H13N3O5. The maximum atomic E-state index is 11.5. The van der Waals surface area contributed by atoms with Gasteiger partial charge in [-0.05, 0) is 30.3 Å². The minimum absolute atomic E-state index is 0.00369. The number of benzene rings is 2. The summed E-state index contributed by atoms with van der Waals surface area (Å²) < 4.78 is 5.15. The Kier molecular flexibility index (Phi) is 4.17. The first-order chi connectivity index (χ1) is 12.0. The van der Waals surface area contributed by atoms with Gasteiger partial charge in [0.15, 0.2) is 0 Å². The Morgan fingerprint density at radius 1 is 1.20 bits per heavy atom. The highest BCUT2D eigenvalue weighted by molar-refractivity contribution is 5.99. The molecule has 0 fully saturated rings. The highest BCUT2D eigenvalue weighted by Gasteiger charge is 2.15. The smallest absolute Gasteiger partial charge is 0.339 e. The monoisotopic (exact) mass is 339 g/mol. The number of non-ortho nitro benzene ring substituents is 1. The molecule has 1 aromatic heterocycles. The van der Waals surface area contributed by atoms with Gasteiger partial charge in [0.25, 0.3) is 5.69 Å². The van der Waals surface area contributed by atoms with Crippen molar-refractivity contribution in [1.82, 2.24) is 4.98 Å². The van der Waals surface area contributed by atoms with Crippen LogP contribution in [-0.4, -0.2) is 28.1 Å². The highest BCUT2D eigenvalue weighted by Crippen LogP contribution is 2.27. The second-order valence-corrected chi connectivity index (χ2v) is 5.18. The van der Waals surface area contributed by atoms with Gasteiger partial charge in [-0.1, -0.05) is 0 Å². The Labute approximate surface area is 141 Å². The summed E-state index contributed by atoms with van der Waals surface area (Å²) >= 11 is 0. The number of nitrogens with one attached hydrogen (secondary N) is 1. The Bertz CT molecular complexity index is 970. The first kappa shape index (κ1) is 16.2. The number of aromatic carboxylic acids is 1. The molecule has 3 rings (SSSR count). The van der Waals surface area contributed by atoms with Crippen LogP contribution < -0.4 is 10.1 Å². The number of hydrogen-bond acceptors (Lipinski definition) is 6. The molecule has 0 amide bonds. The van der Waals surface area contributed by atoms with Crippen LogP contribution in [0.3, 0.4) is 0 Å². The van der Waals surface area contributed by atoms with E-state index in [1.54, 1.807) is 18.2 Å². The van der Waals surface area contributed by atoms with E-state index in [1.165, 1.54) is 37.4 Å². The van der Waals surface area contributed by atoms with Gasteiger partial charge >= 0.3 is 5.97 Å². The number of rotatable bonds is 5. The van der Waals surface area contributed by atoms with Crippen molar-refractivity contribution >= 4 is 34.1 Å². The van der Waals surface area contributed by atoms with Gasteiger partial charge in [-0.2, -0.15) is 0 Å². The number of methoxy groups -OCH3 is 1. The summed E-state index contributed by atoms with van der Waals surface area (Å²) in [5.41, 5.74) is 0.993. The lowest BCUT2D eigenvalue weighted by Gasteiger charge is -2.11. The maximum Gasteiger partial charge on any atom is 0.339 e. The van der Waals surface area contributed by atoms with Gasteiger partial charge in [0.05, 0.1) is 17.5 Å². The SMILES string of the molecule is COc1ccc2cc(C(=O)O)c(Nc3ccc([N+](=O)[O-])cc3)nc2c1. The second-order valence-electron chi connectivity index (χ2n) is 5.18. The maximum absolute atomic E-state index is 11.5. The molecule has 0 radical (unpaired) electrons. The van der Waals surface area contributed by atoms with Crippen molar-refractivity contribution in [2.24, 2.45) is 0 Å². The molecule has 0 aliphatic heterocycles. The molecule has 25 heavy (non-hydrogen) atoms. The number of nitro groups is 1. The van der Waals surface area contributed by atoms with Crippen LogP contribution in [0.1, 0.15) is 10.4 Å².